The maximum absolute atomic E-state index is 12.9. The Morgan fingerprint density at radius 2 is 1.78 bits per heavy atom. The minimum Gasteiger partial charge on any atom is -0.465 e. The zero-order valence-electron chi connectivity index (χ0n) is 19.7. The third-order valence-corrected chi connectivity index (χ3v) is 6.86. The number of halogens is 1. The van der Waals surface area contributed by atoms with Crippen molar-refractivity contribution in [3.05, 3.63) is 87.0 Å². The maximum Gasteiger partial charge on any atom is 0.337 e. The van der Waals surface area contributed by atoms with Crippen molar-refractivity contribution in [1.29, 1.82) is 0 Å². The molecule has 1 aliphatic heterocycles. The van der Waals surface area contributed by atoms with Gasteiger partial charge in [0, 0.05) is 17.1 Å². The SMILES string of the molecule is COC(=O)c1ccc(-n2c(C)cc(/C=C3/SC(=O)N(CC(=O)Nc4ccccc4Cl)C3=O)c2C)cc1. The van der Waals surface area contributed by atoms with Crippen molar-refractivity contribution in [3.63, 3.8) is 0 Å². The molecule has 1 N–H and O–H groups in total. The first-order chi connectivity index (χ1) is 17.2. The molecule has 0 atom stereocenters. The third-order valence-electron chi connectivity index (χ3n) is 5.63. The number of amides is 3. The number of aromatic nitrogens is 1. The quantitative estimate of drug-likeness (QED) is 0.352. The monoisotopic (exact) mass is 523 g/mol. The normalized spacial score (nSPS) is 14.4. The summed E-state index contributed by atoms with van der Waals surface area (Å²) in [5, 5.41) is 2.45. The first-order valence-corrected chi connectivity index (χ1v) is 12.1. The van der Waals surface area contributed by atoms with E-state index >= 15 is 0 Å². The Balaban J connectivity index is 1.53. The van der Waals surface area contributed by atoms with E-state index in [2.05, 4.69) is 5.32 Å². The summed E-state index contributed by atoms with van der Waals surface area (Å²) in [5.74, 6) is -1.48. The van der Waals surface area contributed by atoms with Gasteiger partial charge in [0.05, 0.1) is 28.3 Å². The predicted octanol–water partition coefficient (Wildman–Crippen LogP) is 5.21. The number of carbonyl (C=O) groups is 4. The number of methoxy groups -OCH3 is 1. The van der Waals surface area contributed by atoms with Crippen LogP contribution in [0.1, 0.15) is 27.3 Å². The van der Waals surface area contributed by atoms with Crippen molar-refractivity contribution in [2.75, 3.05) is 19.0 Å². The van der Waals surface area contributed by atoms with Gasteiger partial charge in [-0.1, -0.05) is 23.7 Å². The van der Waals surface area contributed by atoms with Gasteiger partial charge in [0.1, 0.15) is 6.54 Å². The van der Waals surface area contributed by atoms with Crippen molar-refractivity contribution in [1.82, 2.24) is 9.47 Å². The highest BCUT2D eigenvalue weighted by Gasteiger charge is 2.36. The van der Waals surface area contributed by atoms with Crippen LogP contribution in [0.4, 0.5) is 10.5 Å². The summed E-state index contributed by atoms with van der Waals surface area (Å²) < 4.78 is 6.72. The van der Waals surface area contributed by atoms with Crippen molar-refractivity contribution >= 4 is 58.1 Å². The van der Waals surface area contributed by atoms with Crippen LogP contribution in [0.2, 0.25) is 5.02 Å². The molecule has 1 aromatic heterocycles. The molecule has 0 bridgehead atoms. The summed E-state index contributed by atoms with van der Waals surface area (Å²) in [4.78, 5) is 50.7. The number of nitrogens with one attached hydrogen (secondary N) is 1. The topological polar surface area (TPSA) is 97.7 Å². The Hall–Kier alpha value is -3.82. The number of esters is 1. The van der Waals surface area contributed by atoms with Crippen molar-refractivity contribution in [2.45, 2.75) is 13.8 Å². The molecule has 10 heteroatoms. The molecule has 1 saturated heterocycles. The molecule has 184 valence electrons. The van der Waals surface area contributed by atoms with E-state index in [0.29, 0.717) is 16.3 Å². The molecule has 1 fully saturated rings. The summed E-state index contributed by atoms with van der Waals surface area (Å²) in [6, 6.07) is 15.6. The highest BCUT2D eigenvalue weighted by atomic mass is 35.5. The van der Waals surface area contributed by atoms with Crippen molar-refractivity contribution in [2.24, 2.45) is 0 Å². The summed E-state index contributed by atoms with van der Waals surface area (Å²) in [6.07, 6.45) is 1.65. The van der Waals surface area contributed by atoms with Gasteiger partial charge in [-0.2, -0.15) is 0 Å². The Morgan fingerprint density at radius 1 is 1.08 bits per heavy atom. The van der Waals surface area contributed by atoms with Gasteiger partial charge in [-0.25, -0.2) is 4.79 Å². The Morgan fingerprint density at radius 3 is 2.44 bits per heavy atom. The molecule has 3 amide bonds. The van der Waals surface area contributed by atoms with Crippen LogP contribution < -0.4 is 5.32 Å². The number of ether oxygens (including phenoxy) is 1. The van der Waals surface area contributed by atoms with Gasteiger partial charge in [0.15, 0.2) is 0 Å². The standard InChI is InChI=1S/C26H22ClN3O5S/c1-15-12-18(16(2)30(15)19-10-8-17(9-11-19)25(33)35-3)13-22-24(32)29(26(34)36-22)14-23(31)28-21-7-5-4-6-20(21)27/h4-13H,14H2,1-3H3,(H,28,31)/b22-13+. The second-order valence-corrected chi connectivity index (χ2v) is 9.40. The lowest BCUT2D eigenvalue weighted by Gasteiger charge is -2.13. The van der Waals surface area contributed by atoms with E-state index in [1.807, 2.05) is 36.6 Å². The molecule has 0 aliphatic carbocycles. The number of hydrogen-bond acceptors (Lipinski definition) is 6. The van der Waals surface area contributed by atoms with Crippen LogP contribution in [0.15, 0.2) is 59.5 Å². The van der Waals surface area contributed by atoms with Crippen molar-refractivity contribution < 1.29 is 23.9 Å². The van der Waals surface area contributed by atoms with E-state index in [9.17, 15) is 19.2 Å². The lowest BCUT2D eigenvalue weighted by atomic mass is 10.2. The van der Waals surface area contributed by atoms with Gasteiger partial charge < -0.3 is 14.6 Å². The maximum atomic E-state index is 12.9. The zero-order chi connectivity index (χ0) is 26.0. The van der Waals surface area contributed by atoms with Gasteiger partial charge in [0.25, 0.3) is 11.1 Å². The molecule has 36 heavy (non-hydrogen) atoms. The molecule has 2 aromatic carbocycles. The summed E-state index contributed by atoms with van der Waals surface area (Å²) >= 11 is 6.85. The highest BCUT2D eigenvalue weighted by molar-refractivity contribution is 8.18. The number of carbonyl (C=O) groups excluding carboxylic acids is 4. The molecule has 8 nitrogen and oxygen atoms in total. The predicted molar refractivity (Wildman–Crippen MR) is 139 cm³/mol. The van der Waals surface area contributed by atoms with E-state index in [0.717, 1.165) is 39.3 Å². The van der Waals surface area contributed by atoms with Crippen LogP contribution in [-0.2, 0) is 14.3 Å². The van der Waals surface area contributed by atoms with E-state index in [4.69, 9.17) is 16.3 Å². The number of nitrogens with zero attached hydrogens (tertiary/aromatic N) is 2. The molecule has 0 radical (unpaired) electrons. The van der Waals surface area contributed by atoms with Gasteiger partial charge >= 0.3 is 5.97 Å². The number of anilines is 1. The molecule has 4 rings (SSSR count). The second-order valence-electron chi connectivity index (χ2n) is 8.00. The van der Waals surface area contributed by atoms with Crippen LogP contribution in [0.5, 0.6) is 0 Å². The van der Waals surface area contributed by atoms with Gasteiger partial charge in [-0.3, -0.25) is 19.3 Å². The minimum absolute atomic E-state index is 0.229. The van der Waals surface area contributed by atoms with E-state index in [1.165, 1.54) is 7.11 Å². The second kappa shape index (κ2) is 10.4. The molecular formula is C26H22ClN3O5S. The first kappa shape index (κ1) is 25.3. The summed E-state index contributed by atoms with van der Waals surface area (Å²) in [6.45, 7) is 3.40. The van der Waals surface area contributed by atoms with Crippen molar-refractivity contribution in [3.8, 4) is 5.69 Å². The highest BCUT2D eigenvalue weighted by Crippen LogP contribution is 2.34. The van der Waals surface area contributed by atoms with Crippen LogP contribution in [-0.4, -0.2) is 46.1 Å². The van der Waals surface area contributed by atoms with Crippen LogP contribution >= 0.6 is 23.4 Å². The minimum atomic E-state index is -0.536. The lowest BCUT2D eigenvalue weighted by Crippen LogP contribution is -2.36. The summed E-state index contributed by atoms with van der Waals surface area (Å²) in [7, 11) is 1.33. The van der Waals surface area contributed by atoms with E-state index < -0.39 is 29.6 Å². The van der Waals surface area contributed by atoms with E-state index in [-0.39, 0.29) is 4.91 Å². The first-order valence-electron chi connectivity index (χ1n) is 10.9. The number of para-hydroxylation sites is 1. The van der Waals surface area contributed by atoms with E-state index in [1.54, 1.807) is 42.5 Å². The molecule has 3 aromatic rings. The number of hydrogen-bond donors (Lipinski definition) is 1. The van der Waals surface area contributed by atoms with Crippen LogP contribution in [0.3, 0.4) is 0 Å². The van der Waals surface area contributed by atoms with Crippen LogP contribution in [0, 0.1) is 13.8 Å². The Bertz CT molecular complexity index is 1410. The Labute approximate surface area is 216 Å². The number of benzene rings is 2. The lowest BCUT2D eigenvalue weighted by molar-refractivity contribution is -0.127. The number of imide groups is 1. The van der Waals surface area contributed by atoms with Crippen LogP contribution in [0.25, 0.3) is 11.8 Å². The molecular weight excluding hydrogens is 502 g/mol. The molecule has 0 unspecified atom stereocenters. The fourth-order valence-electron chi connectivity index (χ4n) is 3.87. The average molecular weight is 524 g/mol. The summed E-state index contributed by atoms with van der Waals surface area (Å²) in [5.41, 5.74) is 4.19. The fourth-order valence-corrected chi connectivity index (χ4v) is 4.88. The van der Waals surface area contributed by atoms with Gasteiger partial charge in [-0.05, 0) is 79.7 Å². The molecule has 2 heterocycles. The molecule has 0 saturated carbocycles. The average Bonchev–Trinajstić information content (AvgIpc) is 3.29. The smallest absolute Gasteiger partial charge is 0.337 e. The number of rotatable bonds is 6. The zero-order valence-corrected chi connectivity index (χ0v) is 21.3. The molecule has 1 aliphatic rings. The fraction of sp³-hybridized carbons (Fsp3) is 0.154. The van der Waals surface area contributed by atoms with Gasteiger partial charge in [-0.15, -0.1) is 0 Å². The Kier molecular flexibility index (Phi) is 7.32. The van der Waals surface area contributed by atoms with Gasteiger partial charge in [0.2, 0.25) is 5.91 Å². The number of aryl methyl sites for hydroxylation is 1. The molecule has 0 spiro atoms. The largest absolute Gasteiger partial charge is 0.465 e. The number of thioether (sulfide) groups is 1. The third kappa shape index (κ3) is 5.07.